The van der Waals surface area contributed by atoms with Crippen LogP contribution in [0.15, 0.2) is 63.8 Å². The van der Waals surface area contributed by atoms with Crippen LogP contribution in [0.2, 0.25) is 0 Å². The Labute approximate surface area is 147 Å². The molecule has 0 amide bonds. The van der Waals surface area contributed by atoms with Crippen molar-refractivity contribution in [3.8, 4) is 17.2 Å². The van der Waals surface area contributed by atoms with Crippen LogP contribution in [0.4, 0.5) is 4.39 Å². The molecule has 3 rings (SSSR count). The molecule has 0 fully saturated rings. The zero-order valence-electron chi connectivity index (χ0n) is 13.6. The number of benzene rings is 2. The Kier molecular flexibility index (Phi) is 5.43. The molecule has 0 radical (unpaired) electrons. The number of ether oxygens (including phenoxy) is 2. The van der Waals surface area contributed by atoms with Crippen molar-refractivity contribution in [2.75, 3.05) is 13.2 Å². The van der Waals surface area contributed by atoms with Gasteiger partial charge in [-0.3, -0.25) is 4.79 Å². The average Bonchev–Trinajstić information content (AvgIpc) is 3.01. The number of hydrogen-bond acceptors (Lipinski definition) is 6. The van der Waals surface area contributed by atoms with E-state index in [4.69, 9.17) is 13.9 Å². The fourth-order valence-electron chi connectivity index (χ4n) is 2.12. The van der Waals surface area contributed by atoms with Crippen LogP contribution in [0.25, 0.3) is 11.5 Å². The molecule has 8 heteroatoms. The summed E-state index contributed by atoms with van der Waals surface area (Å²) in [7, 11) is 0. The summed E-state index contributed by atoms with van der Waals surface area (Å²) in [5.74, 6) is -1.17. The van der Waals surface area contributed by atoms with E-state index < -0.39 is 11.7 Å². The Morgan fingerprint density at radius 3 is 2.54 bits per heavy atom. The molecule has 0 atom stereocenters. The van der Waals surface area contributed by atoms with Crippen molar-refractivity contribution < 1.29 is 23.1 Å². The van der Waals surface area contributed by atoms with Crippen molar-refractivity contribution in [1.29, 1.82) is 0 Å². The summed E-state index contributed by atoms with van der Waals surface area (Å²) in [4.78, 5) is 23.6. The summed E-state index contributed by atoms with van der Waals surface area (Å²) >= 11 is 0. The van der Waals surface area contributed by atoms with E-state index in [1.54, 1.807) is 24.3 Å². The largest absolute Gasteiger partial charge is 0.490 e. The zero-order valence-corrected chi connectivity index (χ0v) is 13.6. The van der Waals surface area contributed by atoms with Crippen LogP contribution in [0, 0.1) is 5.82 Å². The lowest BCUT2D eigenvalue weighted by atomic mass is 10.2. The van der Waals surface area contributed by atoms with Crippen LogP contribution >= 0.6 is 0 Å². The molecule has 2 aromatic carbocycles. The van der Waals surface area contributed by atoms with E-state index in [-0.39, 0.29) is 31.5 Å². The van der Waals surface area contributed by atoms with Gasteiger partial charge in [0.1, 0.15) is 31.3 Å². The summed E-state index contributed by atoms with van der Waals surface area (Å²) < 4.78 is 29.0. The lowest BCUT2D eigenvalue weighted by molar-refractivity contribution is -0.145. The Bertz CT molecular complexity index is 919. The Morgan fingerprint density at radius 1 is 1.08 bits per heavy atom. The van der Waals surface area contributed by atoms with Crippen LogP contribution in [0.5, 0.6) is 5.75 Å². The summed E-state index contributed by atoms with van der Waals surface area (Å²) in [5.41, 5.74) is 0.629. The van der Waals surface area contributed by atoms with Gasteiger partial charge in [-0.05, 0) is 36.4 Å². The normalized spacial score (nSPS) is 10.5. The molecule has 0 bridgehead atoms. The van der Waals surface area contributed by atoms with Gasteiger partial charge in [0.25, 0.3) is 0 Å². The number of carbonyl (C=O) groups is 1. The SMILES string of the molecule is O=C(Cn1nc(-c2ccccc2)oc1=O)OCCOc1ccc(F)cc1. The van der Waals surface area contributed by atoms with E-state index in [2.05, 4.69) is 5.10 Å². The van der Waals surface area contributed by atoms with Crippen molar-refractivity contribution in [2.45, 2.75) is 6.54 Å². The first-order valence-electron chi connectivity index (χ1n) is 7.79. The third-order valence-electron chi connectivity index (χ3n) is 3.33. The van der Waals surface area contributed by atoms with Gasteiger partial charge in [0.15, 0.2) is 0 Å². The number of rotatable bonds is 7. The third kappa shape index (κ3) is 4.56. The number of nitrogens with zero attached hydrogens (tertiary/aromatic N) is 2. The van der Waals surface area contributed by atoms with Crippen LogP contribution in [0.1, 0.15) is 0 Å². The van der Waals surface area contributed by atoms with Gasteiger partial charge >= 0.3 is 11.7 Å². The maximum atomic E-state index is 12.8. The molecule has 0 saturated heterocycles. The number of aromatic nitrogens is 2. The van der Waals surface area contributed by atoms with E-state index in [1.807, 2.05) is 6.07 Å². The minimum atomic E-state index is -0.747. The second-order valence-corrected chi connectivity index (χ2v) is 5.22. The van der Waals surface area contributed by atoms with Crippen molar-refractivity contribution in [3.63, 3.8) is 0 Å². The minimum absolute atomic E-state index is 0.0195. The molecule has 1 heterocycles. The van der Waals surface area contributed by atoms with E-state index in [1.165, 1.54) is 24.3 Å². The number of carbonyl (C=O) groups excluding carboxylic acids is 1. The van der Waals surface area contributed by atoms with Gasteiger partial charge in [-0.15, -0.1) is 5.10 Å². The Balaban J connectivity index is 1.48. The monoisotopic (exact) mass is 358 g/mol. The fourth-order valence-corrected chi connectivity index (χ4v) is 2.12. The maximum Gasteiger partial charge on any atom is 0.437 e. The first-order valence-corrected chi connectivity index (χ1v) is 7.79. The van der Waals surface area contributed by atoms with Gasteiger partial charge in [-0.1, -0.05) is 18.2 Å². The quantitative estimate of drug-likeness (QED) is 0.476. The van der Waals surface area contributed by atoms with Gasteiger partial charge < -0.3 is 13.9 Å². The molecule has 7 nitrogen and oxygen atoms in total. The van der Waals surface area contributed by atoms with Gasteiger partial charge in [-0.2, -0.15) is 4.68 Å². The van der Waals surface area contributed by atoms with E-state index in [9.17, 15) is 14.0 Å². The highest BCUT2D eigenvalue weighted by Gasteiger charge is 2.13. The molecule has 134 valence electrons. The highest BCUT2D eigenvalue weighted by atomic mass is 19.1. The smallest absolute Gasteiger partial charge is 0.437 e. The summed E-state index contributed by atoms with van der Waals surface area (Å²) in [6, 6.07) is 14.3. The molecule has 0 N–H and O–H groups in total. The molecule has 0 saturated carbocycles. The maximum absolute atomic E-state index is 12.8. The Hall–Kier alpha value is -3.42. The second kappa shape index (κ2) is 8.11. The molecule has 3 aromatic rings. The van der Waals surface area contributed by atoms with Crippen LogP contribution in [-0.2, 0) is 16.1 Å². The topological polar surface area (TPSA) is 83.6 Å². The van der Waals surface area contributed by atoms with Crippen molar-refractivity contribution in [2.24, 2.45) is 0 Å². The number of hydrogen-bond donors (Lipinski definition) is 0. The first-order chi connectivity index (χ1) is 12.6. The summed E-state index contributed by atoms with van der Waals surface area (Å²) in [5, 5.41) is 3.97. The van der Waals surface area contributed by atoms with Gasteiger partial charge in [0.05, 0.1) is 0 Å². The van der Waals surface area contributed by atoms with Gasteiger partial charge in [0, 0.05) is 5.56 Å². The van der Waals surface area contributed by atoms with Crippen LogP contribution in [0.3, 0.4) is 0 Å². The standard InChI is InChI=1S/C18H15FN2O5/c19-14-6-8-15(9-7-14)24-10-11-25-16(22)12-21-18(23)26-17(20-21)13-4-2-1-3-5-13/h1-9H,10-12H2. The number of esters is 1. The highest BCUT2D eigenvalue weighted by molar-refractivity contribution is 5.69. The second-order valence-electron chi connectivity index (χ2n) is 5.22. The molecule has 0 spiro atoms. The Morgan fingerprint density at radius 2 is 1.81 bits per heavy atom. The average molecular weight is 358 g/mol. The zero-order chi connectivity index (χ0) is 18.4. The van der Waals surface area contributed by atoms with Crippen LogP contribution < -0.4 is 10.5 Å². The summed E-state index contributed by atoms with van der Waals surface area (Å²) in [6.45, 7) is -0.291. The van der Waals surface area contributed by atoms with Crippen molar-refractivity contribution in [3.05, 3.63) is 71.0 Å². The lowest BCUT2D eigenvalue weighted by Crippen LogP contribution is -2.24. The predicted octanol–water partition coefficient (Wildman–Crippen LogP) is 2.26. The number of halogens is 1. The molecular weight excluding hydrogens is 343 g/mol. The molecule has 0 aliphatic heterocycles. The van der Waals surface area contributed by atoms with Crippen molar-refractivity contribution >= 4 is 5.97 Å². The first kappa shape index (κ1) is 17.4. The van der Waals surface area contributed by atoms with E-state index in [0.717, 1.165) is 4.68 Å². The lowest BCUT2D eigenvalue weighted by Gasteiger charge is -2.07. The molecule has 26 heavy (non-hydrogen) atoms. The van der Waals surface area contributed by atoms with E-state index in [0.29, 0.717) is 11.3 Å². The molecular formula is C18H15FN2O5. The van der Waals surface area contributed by atoms with Gasteiger partial charge in [0.2, 0.25) is 5.89 Å². The van der Waals surface area contributed by atoms with Crippen molar-refractivity contribution in [1.82, 2.24) is 9.78 Å². The highest BCUT2D eigenvalue weighted by Crippen LogP contribution is 2.14. The molecule has 0 unspecified atom stereocenters. The van der Waals surface area contributed by atoms with E-state index >= 15 is 0 Å². The fraction of sp³-hybridized carbons (Fsp3) is 0.167. The van der Waals surface area contributed by atoms with Crippen LogP contribution in [-0.4, -0.2) is 29.0 Å². The third-order valence-corrected chi connectivity index (χ3v) is 3.33. The van der Waals surface area contributed by atoms with Gasteiger partial charge in [-0.25, -0.2) is 9.18 Å². The molecule has 0 aliphatic carbocycles. The minimum Gasteiger partial charge on any atom is -0.490 e. The predicted molar refractivity (Wildman–Crippen MR) is 89.1 cm³/mol. The molecule has 0 aliphatic rings. The summed E-state index contributed by atoms with van der Waals surface area (Å²) in [6.07, 6.45) is 0. The molecule has 1 aromatic heterocycles.